The Morgan fingerprint density at radius 1 is 1.38 bits per heavy atom. The maximum atomic E-state index is 13.7. The lowest BCUT2D eigenvalue weighted by atomic mass is 10.1. The first kappa shape index (κ1) is 16.7. The fraction of sp³-hybridized carbons (Fsp3) is 0.538. The number of ether oxygens (including phenoxy) is 1. The lowest BCUT2D eigenvalue weighted by molar-refractivity contribution is 0.297. The second kappa shape index (κ2) is 6.60. The monoisotopic (exact) mass is 380 g/mol. The lowest BCUT2D eigenvalue weighted by Gasteiger charge is -2.31. The number of methoxy groups -OCH3 is 1. The summed E-state index contributed by atoms with van der Waals surface area (Å²) in [6.45, 7) is 0.823. The van der Waals surface area contributed by atoms with Crippen LogP contribution in [0, 0.1) is 5.82 Å². The van der Waals surface area contributed by atoms with Gasteiger partial charge in [-0.25, -0.2) is 12.8 Å². The SMILES string of the molecule is CNC1CCN(S(=O)(=O)c2cc(F)c(Br)cc2OC)CC1. The molecule has 0 radical (unpaired) electrons. The van der Waals surface area contributed by atoms with Crippen molar-refractivity contribution in [2.24, 2.45) is 0 Å². The van der Waals surface area contributed by atoms with E-state index >= 15 is 0 Å². The second-order valence-corrected chi connectivity index (χ2v) is 7.64. The molecule has 0 bridgehead atoms. The summed E-state index contributed by atoms with van der Waals surface area (Å²) >= 11 is 3.03. The quantitative estimate of drug-likeness (QED) is 0.867. The third kappa shape index (κ3) is 3.39. The van der Waals surface area contributed by atoms with Crippen LogP contribution in [0.5, 0.6) is 5.75 Å². The summed E-state index contributed by atoms with van der Waals surface area (Å²) < 4.78 is 45.7. The minimum atomic E-state index is -3.76. The van der Waals surface area contributed by atoms with Crippen molar-refractivity contribution in [1.82, 2.24) is 9.62 Å². The normalized spacial score (nSPS) is 17.9. The first-order valence-electron chi connectivity index (χ1n) is 6.60. The van der Waals surface area contributed by atoms with E-state index in [9.17, 15) is 12.8 Å². The largest absolute Gasteiger partial charge is 0.495 e. The number of halogens is 2. The van der Waals surface area contributed by atoms with Crippen LogP contribution in [-0.2, 0) is 10.0 Å². The lowest BCUT2D eigenvalue weighted by Crippen LogP contribution is -2.43. The molecule has 1 aliphatic heterocycles. The number of piperidine rings is 1. The smallest absolute Gasteiger partial charge is 0.246 e. The van der Waals surface area contributed by atoms with E-state index in [0.29, 0.717) is 19.1 Å². The average molecular weight is 381 g/mol. The Kier molecular flexibility index (Phi) is 5.24. The molecule has 1 saturated heterocycles. The number of hydrogen-bond donors (Lipinski definition) is 1. The van der Waals surface area contributed by atoms with Gasteiger partial charge in [-0.2, -0.15) is 4.31 Å². The van der Waals surface area contributed by atoms with Gasteiger partial charge >= 0.3 is 0 Å². The topological polar surface area (TPSA) is 58.6 Å². The van der Waals surface area contributed by atoms with E-state index in [-0.39, 0.29) is 15.1 Å². The molecule has 0 unspecified atom stereocenters. The highest BCUT2D eigenvalue weighted by Crippen LogP contribution is 2.32. The van der Waals surface area contributed by atoms with E-state index in [1.807, 2.05) is 7.05 Å². The van der Waals surface area contributed by atoms with Crippen molar-refractivity contribution < 1.29 is 17.5 Å². The third-order valence-electron chi connectivity index (χ3n) is 3.69. The van der Waals surface area contributed by atoms with Crippen LogP contribution in [0.25, 0.3) is 0 Å². The van der Waals surface area contributed by atoms with Gasteiger partial charge in [0, 0.05) is 19.1 Å². The Labute approximate surface area is 132 Å². The molecular formula is C13H18BrFN2O3S. The summed E-state index contributed by atoms with van der Waals surface area (Å²) in [6, 6.07) is 2.66. The molecule has 1 aliphatic rings. The van der Waals surface area contributed by atoms with Crippen LogP contribution in [-0.4, -0.2) is 46.0 Å². The molecule has 0 atom stereocenters. The number of nitrogens with zero attached hydrogens (tertiary/aromatic N) is 1. The molecule has 0 aromatic heterocycles. The predicted octanol–water partition coefficient (Wildman–Crippen LogP) is 1.97. The summed E-state index contributed by atoms with van der Waals surface area (Å²) in [7, 11) is -0.526. The van der Waals surface area contributed by atoms with Gasteiger partial charge in [0.2, 0.25) is 10.0 Å². The Hall–Kier alpha value is -0.700. The molecule has 0 saturated carbocycles. The molecule has 0 amide bonds. The van der Waals surface area contributed by atoms with Crippen LogP contribution in [0.4, 0.5) is 4.39 Å². The fourth-order valence-electron chi connectivity index (χ4n) is 2.40. The number of rotatable bonds is 4. The molecule has 0 aliphatic carbocycles. The summed E-state index contributed by atoms with van der Waals surface area (Å²) in [4.78, 5) is -0.131. The van der Waals surface area contributed by atoms with Crippen LogP contribution >= 0.6 is 15.9 Å². The molecule has 5 nitrogen and oxygen atoms in total. The molecule has 2 rings (SSSR count). The highest BCUT2D eigenvalue weighted by Gasteiger charge is 2.31. The van der Waals surface area contributed by atoms with Crippen molar-refractivity contribution in [3.8, 4) is 5.75 Å². The minimum absolute atomic E-state index is 0.131. The second-order valence-electron chi connectivity index (χ2n) is 4.88. The van der Waals surface area contributed by atoms with E-state index in [1.165, 1.54) is 17.5 Å². The molecule has 21 heavy (non-hydrogen) atoms. The van der Waals surface area contributed by atoms with E-state index in [1.54, 1.807) is 0 Å². The van der Waals surface area contributed by atoms with Gasteiger partial charge in [-0.3, -0.25) is 0 Å². The number of sulfonamides is 1. The maximum absolute atomic E-state index is 13.7. The zero-order chi connectivity index (χ0) is 15.6. The first-order chi connectivity index (χ1) is 9.90. The fourth-order valence-corrected chi connectivity index (χ4v) is 4.34. The summed E-state index contributed by atoms with van der Waals surface area (Å²) in [6.07, 6.45) is 1.47. The first-order valence-corrected chi connectivity index (χ1v) is 8.84. The molecule has 0 spiro atoms. The molecule has 1 heterocycles. The number of benzene rings is 1. The van der Waals surface area contributed by atoms with E-state index in [4.69, 9.17) is 4.74 Å². The molecule has 1 aromatic carbocycles. The van der Waals surface area contributed by atoms with Crippen molar-refractivity contribution in [1.29, 1.82) is 0 Å². The van der Waals surface area contributed by atoms with Crippen molar-refractivity contribution in [2.75, 3.05) is 27.2 Å². The number of hydrogen-bond acceptors (Lipinski definition) is 4. The van der Waals surface area contributed by atoms with Crippen LogP contribution in [0.2, 0.25) is 0 Å². The zero-order valence-electron chi connectivity index (χ0n) is 11.9. The van der Waals surface area contributed by atoms with Gasteiger partial charge in [0.15, 0.2) is 0 Å². The van der Waals surface area contributed by atoms with Crippen LogP contribution in [0.3, 0.4) is 0 Å². The van der Waals surface area contributed by atoms with Gasteiger partial charge in [-0.05, 0) is 48.0 Å². The van der Waals surface area contributed by atoms with Crippen molar-refractivity contribution in [3.05, 3.63) is 22.4 Å². The van der Waals surface area contributed by atoms with E-state index in [2.05, 4.69) is 21.2 Å². The highest BCUT2D eigenvalue weighted by molar-refractivity contribution is 9.10. The maximum Gasteiger partial charge on any atom is 0.246 e. The number of nitrogens with one attached hydrogen (secondary N) is 1. The van der Waals surface area contributed by atoms with Gasteiger partial charge in [0.1, 0.15) is 16.5 Å². The Morgan fingerprint density at radius 2 is 2.00 bits per heavy atom. The van der Waals surface area contributed by atoms with Gasteiger partial charge in [0.05, 0.1) is 11.6 Å². The summed E-state index contributed by atoms with van der Waals surface area (Å²) in [5.41, 5.74) is 0. The molecule has 8 heteroatoms. The molecule has 1 fully saturated rings. The van der Waals surface area contributed by atoms with Crippen LogP contribution in [0.15, 0.2) is 21.5 Å². The van der Waals surface area contributed by atoms with E-state index in [0.717, 1.165) is 18.9 Å². The van der Waals surface area contributed by atoms with Gasteiger partial charge in [-0.1, -0.05) is 0 Å². The van der Waals surface area contributed by atoms with Crippen molar-refractivity contribution >= 4 is 26.0 Å². The average Bonchev–Trinajstić information content (AvgIpc) is 2.49. The standard InChI is InChI=1S/C13H18BrFN2O3S/c1-16-9-3-5-17(6-4-9)21(18,19)13-8-11(15)10(14)7-12(13)20-2/h7-9,16H,3-6H2,1-2H3. The summed E-state index contributed by atoms with van der Waals surface area (Å²) in [5, 5.41) is 3.14. The van der Waals surface area contributed by atoms with Crippen LogP contribution < -0.4 is 10.1 Å². The summed E-state index contributed by atoms with van der Waals surface area (Å²) in [5.74, 6) is -0.487. The highest BCUT2D eigenvalue weighted by atomic mass is 79.9. The molecule has 118 valence electrons. The van der Waals surface area contributed by atoms with Crippen molar-refractivity contribution in [2.45, 2.75) is 23.8 Å². The molecule has 1 aromatic rings. The third-order valence-corrected chi connectivity index (χ3v) is 6.21. The Balaban J connectivity index is 2.34. The van der Waals surface area contributed by atoms with Gasteiger partial charge in [-0.15, -0.1) is 0 Å². The Morgan fingerprint density at radius 3 is 2.52 bits per heavy atom. The minimum Gasteiger partial charge on any atom is -0.495 e. The predicted molar refractivity (Wildman–Crippen MR) is 81.5 cm³/mol. The molecular weight excluding hydrogens is 363 g/mol. The van der Waals surface area contributed by atoms with E-state index < -0.39 is 15.8 Å². The van der Waals surface area contributed by atoms with Gasteiger partial charge < -0.3 is 10.1 Å². The zero-order valence-corrected chi connectivity index (χ0v) is 14.3. The van der Waals surface area contributed by atoms with Crippen molar-refractivity contribution in [3.63, 3.8) is 0 Å². The van der Waals surface area contributed by atoms with Crippen LogP contribution in [0.1, 0.15) is 12.8 Å². The Bertz CT molecular complexity index is 616. The molecule has 1 N–H and O–H groups in total. The van der Waals surface area contributed by atoms with Gasteiger partial charge in [0.25, 0.3) is 0 Å².